The van der Waals surface area contributed by atoms with E-state index in [9.17, 15) is 9.59 Å². The molecule has 1 heterocycles. The Morgan fingerprint density at radius 1 is 0.840 bits per heavy atom. The summed E-state index contributed by atoms with van der Waals surface area (Å²) in [6, 6.07) is 15.3. The summed E-state index contributed by atoms with van der Waals surface area (Å²) in [7, 11) is 0. The van der Waals surface area contributed by atoms with Gasteiger partial charge in [0, 0.05) is 20.7 Å². The molecule has 4 nitrogen and oxygen atoms in total. The van der Waals surface area contributed by atoms with Gasteiger partial charge >= 0.3 is 5.69 Å². The van der Waals surface area contributed by atoms with E-state index < -0.39 is 0 Å². The van der Waals surface area contributed by atoms with Crippen molar-refractivity contribution in [2.75, 3.05) is 0 Å². The standard InChI is InChI=1S/C19H16Br2N2O2/c1-13-10-22(11-14-6-2-4-8-16(14)20)19(25)23(18(13)24)12-15-7-3-5-9-17(15)21/h2-10H,11-12H2,1H3. The Labute approximate surface area is 162 Å². The first-order valence-corrected chi connectivity index (χ1v) is 9.33. The molecular formula is C19H16Br2N2O2. The summed E-state index contributed by atoms with van der Waals surface area (Å²) in [5.41, 5.74) is 1.83. The lowest BCUT2D eigenvalue weighted by molar-refractivity contribution is 0.604. The third kappa shape index (κ3) is 3.85. The molecule has 3 rings (SSSR count). The molecule has 25 heavy (non-hydrogen) atoms. The van der Waals surface area contributed by atoms with Crippen LogP contribution in [0.4, 0.5) is 0 Å². The van der Waals surface area contributed by atoms with E-state index in [1.807, 2.05) is 48.5 Å². The molecule has 0 amide bonds. The Bertz CT molecular complexity index is 1040. The van der Waals surface area contributed by atoms with Crippen LogP contribution in [-0.4, -0.2) is 9.13 Å². The third-order valence-electron chi connectivity index (χ3n) is 3.99. The van der Waals surface area contributed by atoms with Gasteiger partial charge in [-0.25, -0.2) is 4.79 Å². The van der Waals surface area contributed by atoms with Crippen LogP contribution < -0.4 is 11.2 Å². The van der Waals surface area contributed by atoms with Crippen LogP contribution in [0.3, 0.4) is 0 Å². The van der Waals surface area contributed by atoms with Gasteiger partial charge in [0.05, 0.1) is 13.1 Å². The van der Waals surface area contributed by atoms with Crippen LogP contribution in [0, 0.1) is 6.92 Å². The summed E-state index contributed by atoms with van der Waals surface area (Å²) in [4.78, 5) is 25.4. The molecule has 0 spiro atoms. The lowest BCUT2D eigenvalue weighted by Crippen LogP contribution is -2.41. The first-order chi connectivity index (χ1) is 12.0. The number of nitrogens with zero attached hydrogens (tertiary/aromatic N) is 2. The molecule has 0 aliphatic carbocycles. The maximum absolute atomic E-state index is 12.9. The molecule has 0 radical (unpaired) electrons. The molecule has 0 aliphatic rings. The number of aromatic nitrogens is 2. The van der Waals surface area contributed by atoms with Gasteiger partial charge in [0.15, 0.2) is 0 Å². The molecule has 128 valence electrons. The van der Waals surface area contributed by atoms with Crippen molar-refractivity contribution in [2.45, 2.75) is 20.0 Å². The molecule has 3 aromatic rings. The Balaban J connectivity index is 2.07. The van der Waals surface area contributed by atoms with Gasteiger partial charge < -0.3 is 0 Å². The quantitative estimate of drug-likeness (QED) is 0.588. The predicted octanol–water partition coefficient (Wildman–Crippen LogP) is 3.94. The van der Waals surface area contributed by atoms with Crippen LogP contribution in [0.2, 0.25) is 0 Å². The summed E-state index contributed by atoms with van der Waals surface area (Å²) in [6.07, 6.45) is 1.63. The molecule has 1 aromatic heterocycles. The Kier molecular flexibility index (Phi) is 5.39. The van der Waals surface area contributed by atoms with Gasteiger partial charge in [0.2, 0.25) is 0 Å². The van der Waals surface area contributed by atoms with Crippen LogP contribution in [0.5, 0.6) is 0 Å². The zero-order valence-corrected chi connectivity index (χ0v) is 16.7. The van der Waals surface area contributed by atoms with E-state index in [2.05, 4.69) is 31.9 Å². The highest BCUT2D eigenvalue weighted by atomic mass is 79.9. The zero-order chi connectivity index (χ0) is 18.0. The average molecular weight is 464 g/mol. The first-order valence-electron chi connectivity index (χ1n) is 7.75. The summed E-state index contributed by atoms with van der Waals surface area (Å²) in [6.45, 7) is 2.36. The first kappa shape index (κ1) is 17.9. The van der Waals surface area contributed by atoms with E-state index in [1.54, 1.807) is 17.7 Å². The van der Waals surface area contributed by atoms with Gasteiger partial charge in [-0.2, -0.15) is 0 Å². The van der Waals surface area contributed by atoms with E-state index in [-0.39, 0.29) is 17.8 Å². The van der Waals surface area contributed by atoms with E-state index in [0.717, 1.165) is 20.1 Å². The molecular weight excluding hydrogens is 448 g/mol. The lowest BCUT2D eigenvalue weighted by Gasteiger charge is -2.13. The minimum Gasteiger partial charge on any atom is -0.296 e. The maximum atomic E-state index is 12.9. The van der Waals surface area contributed by atoms with Gasteiger partial charge in [-0.05, 0) is 30.2 Å². The number of halogens is 2. The Morgan fingerprint density at radius 3 is 1.92 bits per heavy atom. The topological polar surface area (TPSA) is 44.0 Å². The van der Waals surface area contributed by atoms with Crippen molar-refractivity contribution >= 4 is 31.9 Å². The maximum Gasteiger partial charge on any atom is 0.331 e. The number of rotatable bonds is 4. The summed E-state index contributed by atoms with van der Waals surface area (Å²) >= 11 is 6.98. The van der Waals surface area contributed by atoms with E-state index in [4.69, 9.17) is 0 Å². The van der Waals surface area contributed by atoms with E-state index >= 15 is 0 Å². The van der Waals surface area contributed by atoms with Crippen molar-refractivity contribution in [2.24, 2.45) is 0 Å². The number of hydrogen-bond acceptors (Lipinski definition) is 2. The normalized spacial score (nSPS) is 10.8. The minimum atomic E-state index is -0.317. The van der Waals surface area contributed by atoms with Crippen molar-refractivity contribution in [3.63, 3.8) is 0 Å². The molecule has 0 saturated heterocycles. The molecule has 2 aromatic carbocycles. The van der Waals surface area contributed by atoms with E-state index in [0.29, 0.717) is 12.1 Å². The number of aryl methyl sites for hydroxylation is 1. The molecule has 6 heteroatoms. The Morgan fingerprint density at radius 2 is 1.36 bits per heavy atom. The van der Waals surface area contributed by atoms with Crippen molar-refractivity contribution < 1.29 is 0 Å². The van der Waals surface area contributed by atoms with Gasteiger partial charge in [0.1, 0.15) is 0 Å². The smallest absolute Gasteiger partial charge is 0.296 e. The van der Waals surface area contributed by atoms with Crippen molar-refractivity contribution in [1.82, 2.24) is 9.13 Å². The summed E-state index contributed by atoms with van der Waals surface area (Å²) < 4.78 is 4.67. The largest absolute Gasteiger partial charge is 0.331 e. The van der Waals surface area contributed by atoms with Crippen molar-refractivity contribution in [1.29, 1.82) is 0 Å². The molecule has 0 unspecified atom stereocenters. The van der Waals surface area contributed by atoms with Gasteiger partial charge in [-0.1, -0.05) is 68.3 Å². The Hall–Kier alpha value is -1.92. The second-order valence-electron chi connectivity index (χ2n) is 5.80. The van der Waals surface area contributed by atoms with Crippen molar-refractivity contribution in [3.8, 4) is 0 Å². The predicted molar refractivity (Wildman–Crippen MR) is 106 cm³/mol. The molecule has 0 N–H and O–H groups in total. The lowest BCUT2D eigenvalue weighted by atomic mass is 10.2. The number of hydrogen-bond donors (Lipinski definition) is 0. The average Bonchev–Trinajstić information content (AvgIpc) is 2.60. The van der Waals surface area contributed by atoms with Crippen LogP contribution >= 0.6 is 31.9 Å². The van der Waals surface area contributed by atoms with Crippen LogP contribution in [0.25, 0.3) is 0 Å². The van der Waals surface area contributed by atoms with Gasteiger partial charge in [-0.15, -0.1) is 0 Å². The highest BCUT2D eigenvalue weighted by Gasteiger charge is 2.12. The van der Waals surface area contributed by atoms with Crippen LogP contribution in [0.1, 0.15) is 16.7 Å². The molecule has 0 bridgehead atoms. The van der Waals surface area contributed by atoms with Crippen molar-refractivity contribution in [3.05, 3.63) is 101 Å². The molecule has 0 saturated carbocycles. The van der Waals surface area contributed by atoms with Crippen LogP contribution in [-0.2, 0) is 13.1 Å². The second-order valence-corrected chi connectivity index (χ2v) is 7.51. The highest BCUT2D eigenvalue weighted by molar-refractivity contribution is 9.10. The van der Waals surface area contributed by atoms with E-state index in [1.165, 1.54) is 4.57 Å². The summed E-state index contributed by atoms with van der Waals surface area (Å²) in [5.74, 6) is 0. The SMILES string of the molecule is Cc1cn(Cc2ccccc2Br)c(=O)n(Cc2ccccc2Br)c1=O. The fourth-order valence-corrected chi connectivity index (χ4v) is 3.48. The molecule has 0 aliphatic heterocycles. The zero-order valence-electron chi connectivity index (χ0n) is 13.6. The monoisotopic (exact) mass is 462 g/mol. The third-order valence-corrected chi connectivity index (χ3v) is 5.54. The highest BCUT2D eigenvalue weighted by Crippen LogP contribution is 2.17. The fraction of sp³-hybridized carbons (Fsp3) is 0.158. The number of benzene rings is 2. The van der Waals surface area contributed by atoms with Gasteiger partial charge in [0.25, 0.3) is 5.56 Å². The molecule has 0 fully saturated rings. The molecule has 0 atom stereocenters. The second kappa shape index (κ2) is 7.54. The van der Waals surface area contributed by atoms with Crippen LogP contribution in [0.15, 0.2) is 73.3 Å². The fourth-order valence-electron chi connectivity index (χ4n) is 2.66. The minimum absolute atomic E-state index is 0.233. The van der Waals surface area contributed by atoms with Gasteiger partial charge in [-0.3, -0.25) is 13.9 Å². The summed E-state index contributed by atoms with van der Waals surface area (Å²) in [5, 5.41) is 0.